The highest BCUT2D eigenvalue weighted by Gasteiger charge is 2.18. The number of imidazole rings is 1. The highest BCUT2D eigenvalue weighted by molar-refractivity contribution is 5.76. The summed E-state index contributed by atoms with van der Waals surface area (Å²) in [6.07, 6.45) is 1.36. The standard InChI is InChI=1S/C16H21N3O3/c1-11(22-15(21)10-6-5-9-14(17)20)16-18-12-7-3-4-8-13(12)19(16)2/h3-4,7-8,11H,5-6,9-10H2,1-2H3,(H2,17,20). The maximum absolute atomic E-state index is 11.8. The summed E-state index contributed by atoms with van der Waals surface area (Å²) in [5.74, 6) is 0.0807. The first-order chi connectivity index (χ1) is 10.5. The molecule has 118 valence electrons. The van der Waals surface area contributed by atoms with Crippen LogP contribution in [0.2, 0.25) is 0 Å². The quantitative estimate of drug-likeness (QED) is 0.627. The van der Waals surface area contributed by atoms with Crippen LogP contribution < -0.4 is 5.73 Å². The molecule has 0 saturated carbocycles. The zero-order valence-corrected chi connectivity index (χ0v) is 12.9. The second-order valence-corrected chi connectivity index (χ2v) is 5.32. The Kier molecular flexibility index (Phi) is 5.14. The smallest absolute Gasteiger partial charge is 0.306 e. The lowest BCUT2D eigenvalue weighted by Crippen LogP contribution is -2.13. The van der Waals surface area contributed by atoms with E-state index in [4.69, 9.17) is 10.5 Å². The van der Waals surface area contributed by atoms with Crippen LogP contribution in [0.5, 0.6) is 0 Å². The van der Waals surface area contributed by atoms with E-state index in [9.17, 15) is 9.59 Å². The third kappa shape index (κ3) is 3.84. The molecular formula is C16H21N3O3. The molecule has 0 aliphatic carbocycles. The molecule has 1 unspecified atom stereocenters. The Morgan fingerprint density at radius 3 is 2.64 bits per heavy atom. The fourth-order valence-corrected chi connectivity index (χ4v) is 2.41. The molecule has 6 heteroatoms. The molecule has 0 bridgehead atoms. The number of carbonyl (C=O) groups excluding carboxylic acids is 2. The molecule has 0 radical (unpaired) electrons. The van der Waals surface area contributed by atoms with Crippen molar-refractivity contribution < 1.29 is 14.3 Å². The number of aryl methyl sites for hydroxylation is 1. The maximum atomic E-state index is 11.8. The number of nitrogens with two attached hydrogens (primary N) is 1. The number of esters is 1. The van der Waals surface area contributed by atoms with E-state index in [1.807, 2.05) is 42.8 Å². The number of rotatable bonds is 7. The summed E-state index contributed by atoms with van der Waals surface area (Å²) in [5, 5.41) is 0. The average Bonchev–Trinajstić information content (AvgIpc) is 2.81. The van der Waals surface area contributed by atoms with Crippen molar-refractivity contribution in [2.45, 2.75) is 38.7 Å². The summed E-state index contributed by atoms with van der Waals surface area (Å²) in [5.41, 5.74) is 6.93. The summed E-state index contributed by atoms with van der Waals surface area (Å²) in [6.45, 7) is 1.81. The molecule has 22 heavy (non-hydrogen) atoms. The number of nitrogens with zero attached hydrogens (tertiary/aromatic N) is 2. The van der Waals surface area contributed by atoms with Crippen molar-refractivity contribution >= 4 is 22.9 Å². The minimum absolute atomic E-state index is 0.279. The number of fused-ring (bicyclic) bond motifs is 1. The molecule has 0 aliphatic rings. The van der Waals surface area contributed by atoms with Crippen molar-refractivity contribution in [3.05, 3.63) is 30.1 Å². The first-order valence-electron chi connectivity index (χ1n) is 7.38. The first kappa shape index (κ1) is 16.0. The van der Waals surface area contributed by atoms with E-state index >= 15 is 0 Å². The summed E-state index contributed by atoms with van der Waals surface area (Å²) in [7, 11) is 1.90. The summed E-state index contributed by atoms with van der Waals surface area (Å²) >= 11 is 0. The summed E-state index contributed by atoms with van der Waals surface area (Å²) in [4.78, 5) is 27.0. The van der Waals surface area contributed by atoms with E-state index < -0.39 is 6.10 Å². The second kappa shape index (κ2) is 7.06. The van der Waals surface area contributed by atoms with Crippen LogP contribution in [0.15, 0.2) is 24.3 Å². The van der Waals surface area contributed by atoms with Gasteiger partial charge in [-0.25, -0.2) is 4.98 Å². The Balaban J connectivity index is 1.93. The average molecular weight is 303 g/mol. The van der Waals surface area contributed by atoms with Crippen LogP contribution >= 0.6 is 0 Å². The topological polar surface area (TPSA) is 87.2 Å². The van der Waals surface area contributed by atoms with Gasteiger partial charge in [0, 0.05) is 19.9 Å². The second-order valence-electron chi connectivity index (χ2n) is 5.32. The van der Waals surface area contributed by atoms with Crippen molar-refractivity contribution in [2.24, 2.45) is 12.8 Å². The zero-order chi connectivity index (χ0) is 16.1. The van der Waals surface area contributed by atoms with Crippen LogP contribution in [0.3, 0.4) is 0 Å². The molecule has 6 nitrogen and oxygen atoms in total. The van der Waals surface area contributed by atoms with Crippen LogP contribution in [0.4, 0.5) is 0 Å². The monoisotopic (exact) mass is 303 g/mol. The van der Waals surface area contributed by atoms with Crippen molar-refractivity contribution in [2.75, 3.05) is 0 Å². The van der Waals surface area contributed by atoms with E-state index in [2.05, 4.69) is 4.98 Å². The number of ether oxygens (including phenoxy) is 1. The Morgan fingerprint density at radius 2 is 1.95 bits per heavy atom. The van der Waals surface area contributed by atoms with Gasteiger partial charge in [-0.3, -0.25) is 9.59 Å². The number of amides is 1. The molecule has 1 amide bonds. The molecule has 1 aromatic carbocycles. The first-order valence-corrected chi connectivity index (χ1v) is 7.38. The van der Waals surface area contributed by atoms with E-state index in [1.165, 1.54) is 0 Å². The number of carbonyl (C=O) groups is 2. The molecule has 0 saturated heterocycles. The van der Waals surface area contributed by atoms with Crippen LogP contribution in [0.25, 0.3) is 11.0 Å². The molecule has 1 atom stereocenters. The fraction of sp³-hybridized carbons (Fsp3) is 0.438. The largest absolute Gasteiger partial charge is 0.454 e. The summed E-state index contributed by atoms with van der Waals surface area (Å²) in [6, 6.07) is 7.78. The van der Waals surface area contributed by atoms with Crippen molar-refractivity contribution in [3.63, 3.8) is 0 Å². The number of para-hydroxylation sites is 2. The van der Waals surface area contributed by atoms with Gasteiger partial charge in [0.25, 0.3) is 0 Å². The van der Waals surface area contributed by atoms with E-state index in [0.717, 1.165) is 11.0 Å². The molecule has 2 N–H and O–H groups in total. The maximum Gasteiger partial charge on any atom is 0.306 e. The van der Waals surface area contributed by atoms with Gasteiger partial charge in [0.2, 0.25) is 5.91 Å². The lowest BCUT2D eigenvalue weighted by molar-refractivity contribution is -0.149. The minimum atomic E-state index is -0.416. The predicted molar refractivity (Wildman–Crippen MR) is 82.9 cm³/mol. The van der Waals surface area contributed by atoms with Gasteiger partial charge in [-0.05, 0) is 31.9 Å². The van der Waals surface area contributed by atoms with Gasteiger partial charge < -0.3 is 15.0 Å². The molecule has 0 fully saturated rings. The number of aromatic nitrogens is 2. The van der Waals surface area contributed by atoms with Crippen LogP contribution in [0.1, 0.15) is 44.5 Å². The third-order valence-corrected chi connectivity index (χ3v) is 3.55. The van der Waals surface area contributed by atoms with Crippen LogP contribution in [-0.2, 0) is 21.4 Å². The number of benzene rings is 1. The minimum Gasteiger partial charge on any atom is -0.454 e. The molecule has 2 rings (SSSR count). The van der Waals surface area contributed by atoms with Crippen molar-refractivity contribution in [1.82, 2.24) is 9.55 Å². The number of hydrogen-bond donors (Lipinski definition) is 1. The SMILES string of the molecule is CC(OC(=O)CCCCC(N)=O)c1nc2ccccc2n1C. The highest BCUT2D eigenvalue weighted by Crippen LogP contribution is 2.22. The molecule has 1 aromatic heterocycles. The van der Waals surface area contributed by atoms with Crippen LogP contribution in [-0.4, -0.2) is 21.4 Å². The van der Waals surface area contributed by atoms with Gasteiger partial charge in [0.1, 0.15) is 0 Å². The Bertz CT molecular complexity index is 678. The zero-order valence-electron chi connectivity index (χ0n) is 12.9. The normalized spacial score (nSPS) is 12.3. The van der Waals surface area contributed by atoms with E-state index in [1.54, 1.807) is 0 Å². The lowest BCUT2D eigenvalue weighted by atomic mass is 10.2. The molecule has 2 aromatic rings. The van der Waals surface area contributed by atoms with Gasteiger partial charge in [-0.15, -0.1) is 0 Å². The van der Waals surface area contributed by atoms with E-state index in [0.29, 0.717) is 25.1 Å². The van der Waals surface area contributed by atoms with Crippen molar-refractivity contribution in [3.8, 4) is 0 Å². The number of primary amides is 1. The molecular weight excluding hydrogens is 282 g/mol. The number of unbranched alkanes of at least 4 members (excludes halogenated alkanes) is 1. The molecule has 0 aliphatic heterocycles. The third-order valence-electron chi connectivity index (χ3n) is 3.55. The lowest BCUT2D eigenvalue weighted by Gasteiger charge is -2.13. The molecule has 0 spiro atoms. The highest BCUT2D eigenvalue weighted by atomic mass is 16.5. The molecule has 1 heterocycles. The fourth-order valence-electron chi connectivity index (χ4n) is 2.41. The van der Waals surface area contributed by atoms with Gasteiger partial charge in [-0.1, -0.05) is 12.1 Å². The Labute approximate surface area is 129 Å². The van der Waals surface area contributed by atoms with Crippen molar-refractivity contribution in [1.29, 1.82) is 0 Å². The summed E-state index contributed by atoms with van der Waals surface area (Å²) < 4.78 is 7.35. The van der Waals surface area contributed by atoms with Gasteiger partial charge >= 0.3 is 5.97 Å². The van der Waals surface area contributed by atoms with E-state index in [-0.39, 0.29) is 18.3 Å². The van der Waals surface area contributed by atoms with Gasteiger partial charge in [-0.2, -0.15) is 0 Å². The van der Waals surface area contributed by atoms with Crippen LogP contribution in [0, 0.1) is 0 Å². The van der Waals surface area contributed by atoms with Gasteiger partial charge in [0.15, 0.2) is 11.9 Å². The Morgan fingerprint density at radius 1 is 1.27 bits per heavy atom. The van der Waals surface area contributed by atoms with Gasteiger partial charge in [0.05, 0.1) is 11.0 Å². The Hall–Kier alpha value is -2.37. The predicted octanol–water partition coefficient (Wildman–Crippen LogP) is 2.22. The number of hydrogen-bond acceptors (Lipinski definition) is 4.